The summed E-state index contributed by atoms with van der Waals surface area (Å²) in [6.07, 6.45) is 17.6. The first-order valence-corrected chi connectivity index (χ1v) is 15.6. The van der Waals surface area contributed by atoms with Crippen LogP contribution in [-0.2, 0) is 16.8 Å². The van der Waals surface area contributed by atoms with Gasteiger partial charge in [-0.1, -0.05) is 134 Å². The van der Waals surface area contributed by atoms with Gasteiger partial charge in [-0.3, -0.25) is 4.79 Å². The van der Waals surface area contributed by atoms with Crippen molar-refractivity contribution in [3.05, 3.63) is 40.0 Å². The van der Waals surface area contributed by atoms with Crippen LogP contribution in [0.25, 0.3) is 17.0 Å². The van der Waals surface area contributed by atoms with Gasteiger partial charge >= 0.3 is 0 Å². The van der Waals surface area contributed by atoms with Crippen molar-refractivity contribution in [2.45, 2.75) is 136 Å². The molecule has 0 saturated heterocycles. The first-order chi connectivity index (χ1) is 18.7. The number of carbonyl (C=O) groups excluding carboxylic acids is 1. The second-order valence-corrected chi connectivity index (χ2v) is 12.5. The lowest BCUT2D eigenvalue weighted by Gasteiger charge is -2.14. The summed E-state index contributed by atoms with van der Waals surface area (Å²) in [7, 11) is 0. The molecular formula is C32H50ClN5O. The summed E-state index contributed by atoms with van der Waals surface area (Å²) in [6, 6.07) is 6.21. The molecule has 7 heteroatoms. The van der Waals surface area contributed by atoms with Crippen LogP contribution in [0, 0.1) is 6.92 Å². The maximum atomic E-state index is 12.5. The van der Waals surface area contributed by atoms with Crippen molar-refractivity contribution in [2.24, 2.45) is 0 Å². The van der Waals surface area contributed by atoms with E-state index in [-0.39, 0.29) is 11.3 Å². The van der Waals surface area contributed by atoms with E-state index in [4.69, 9.17) is 11.6 Å². The molecule has 3 rings (SSSR count). The highest BCUT2D eigenvalue weighted by molar-refractivity contribution is 6.34. The maximum Gasteiger partial charge on any atom is 0.220 e. The Morgan fingerprint density at radius 3 is 2.08 bits per heavy atom. The predicted octanol–water partition coefficient (Wildman–Crippen LogP) is 9.08. The fourth-order valence-electron chi connectivity index (χ4n) is 5.05. The van der Waals surface area contributed by atoms with E-state index in [0.717, 1.165) is 35.2 Å². The molecule has 0 unspecified atom stereocenters. The normalized spacial score (nSPS) is 11.9. The summed E-state index contributed by atoms with van der Waals surface area (Å²) < 4.78 is 1.58. The Kier molecular flexibility index (Phi) is 12.4. The van der Waals surface area contributed by atoms with Crippen molar-refractivity contribution < 1.29 is 4.79 Å². The summed E-state index contributed by atoms with van der Waals surface area (Å²) in [5.41, 5.74) is 4.44. The Labute approximate surface area is 240 Å². The minimum absolute atomic E-state index is 0.108. The number of nitrogens with zero attached hydrogens (tertiary/aromatic N) is 3. The predicted molar refractivity (Wildman–Crippen MR) is 163 cm³/mol. The van der Waals surface area contributed by atoms with Crippen LogP contribution >= 0.6 is 11.6 Å². The molecule has 216 valence electrons. The van der Waals surface area contributed by atoms with Gasteiger partial charge in [0.2, 0.25) is 5.91 Å². The number of H-pyrrole nitrogens is 1. The first-order valence-electron chi connectivity index (χ1n) is 15.2. The van der Waals surface area contributed by atoms with Crippen molar-refractivity contribution >= 4 is 23.2 Å². The van der Waals surface area contributed by atoms with E-state index in [1.54, 1.807) is 4.63 Å². The molecule has 0 spiro atoms. The molecule has 3 aromatic rings. The van der Waals surface area contributed by atoms with Gasteiger partial charge in [-0.2, -0.15) is 5.10 Å². The second-order valence-electron chi connectivity index (χ2n) is 12.2. The largest absolute Gasteiger partial charge is 0.352 e. The van der Waals surface area contributed by atoms with Crippen molar-refractivity contribution in [3.63, 3.8) is 0 Å². The third-order valence-electron chi connectivity index (χ3n) is 7.46. The van der Waals surface area contributed by atoms with Gasteiger partial charge in [-0.05, 0) is 25.0 Å². The van der Waals surface area contributed by atoms with E-state index in [1.807, 2.05) is 0 Å². The summed E-state index contributed by atoms with van der Waals surface area (Å²) in [5, 5.41) is 13.0. The van der Waals surface area contributed by atoms with Crippen LogP contribution in [0.5, 0.6) is 0 Å². The summed E-state index contributed by atoms with van der Waals surface area (Å²) >= 11 is 6.63. The van der Waals surface area contributed by atoms with Crippen molar-refractivity contribution in [2.75, 3.05) is 0 Å². The number of unbranched alkanes of at least 4 members (excludes halogenated alkanes) is 12. The van der Waals surface area contributed by atoms with Gasteiger partial charge < -0.3 is 10.3 Å². The number of nitrogens with one attached hydrogen (secondary N) is 2. The van der Waals surface area contributed by atoms with Crippen LogP contribution in [0.15, 0.2) is 18.2 Å². The topological polar surface area (TPSA) is 75.1 Å². The van der Waals surface area contributed by atoms with Crippen LogP contribution < -0.4 is 5.32 Å². The van der Waals surface area contributed by atoms with Crippen molar-refractivity contribution in [1.82, 2.24) is 25.1 Å². The zero-order chi connectivity index (χ0) is 28.3. The average molecular weight is 556 g/mol. The molecule has 0 atom stereocenters. The van der Waals surface area contributed by atoms with Gasteiger partial charge in [-0.15, -0.1) is 9.73 Å². The number of amides is 1. The zero-order valence-corrected chi connectivity index (χ0v) is 25.7. The number of carbonyl (C=O) groups is 1. The lowest BCUT2D eigenvalue weighted by molar-refractivity contribution is -0.121. The molecule has 0 aliphatic rings. The monoisotopic (exact) mass is 555 g/mol. The third kappa shape index (κ3) is 9.66. The second kappa shape index (κ2) is 15.4. The van der Waals surface area contributed by atoms with Crippen LogP contribution in [0.3, 0.4) is 0 Å². The first kappa shape index (κ1) is 31.2. The quantitative estimate of drug-likeness (QED) is 0.163. The summed E-state index contributed by atoms with van der Waals surface area (Å²) in [5.74, 6) is 0.806. The molecule has 0 bridgehead atoms. The van der Waals surface area contributed by atoms with E-state index in [0.29, 0.717) is 29.5 Å². The van der Waals surface area contributed by atoms with Gasteiger partial charge in [0.05, 0.1) is 5.69 Å². The fraction of sp³-hybridized carbons (Fsp3) is 0.656. The molecular weight excluding hydrogens is 506 g/mol. The van der Waals surface area contributed by atoms with E-state index < -0.39 is 0 Å². The van der Waals surface area contributed by atoms with Gasteiger partial charge in [0.15, 0.2) is 11.5 Å². The molecule has 0 fully saturated rings. The Hall–Kier alpha value is -2.34. The van der Waals surface area contributed by atoms with Gasteiger partial charge in [0.25, 0.3) is 0 Å². The van der Waals surface area contributed by atoms with Gasteiger partial charge in [0.1, 0.15) is 5.02 Å². The third-order valence-corrected chi connectivity index (χ3v) is 7.81. The fourth-order valence-corrected chi connectivity index (χ4v) is 5.49. The minimum Gasteiger partial charge on any atom is -0.352 e. The van der Waals surface area contributed by atoms with Gasteiger partial charge in [0, 0.05) is 23.9 Å². The molecule has 6 nitrogen and oxygen atoms in total. The molecule has 2 aromatic heterocycles. The Bertz CT molecular complexity index is 1170. The van der Waals surface area contributed by atoms with Crippen molar-refractivity contribution in [1.29, 1.82) is 0 Å². The highest BCUT2D eigenvalue weighted by Crippen LogP contribution is 2.32. The maximum absolute atomic E-state index is 12.5. The van der Waals surface area contributed by atoms with Crippen LogP contribution in [-0.4, -0.2) is 25.7 Å². The van der Waals surface area contributed by atoms with E-state index in [1.165, 1.54) is 70.6 Å². The highest BCUT2D eigenvalue weighted by atomic mass is 35.5. The molecule has 2 N–H and O–H groups in total. The molecule has 39 heavy (non-hydrogen) atoms. The minimum atomic E-state index is -0.169. The average Bonchev–Trinajstić information content (AvgIpc) is 3.45. The molecule has 2 heterocycles. The van der Waals surface area contributed by atoms with E-state index in [2.05, 4.69) is 73.3 Å². The van der Waals surface area contributed by atoms with E-state index >= 15 is 0 Å². The molecule has 1 aromatic carbocycles. The summed E-state index contributed by atoms with van der Waals surface area (Å²) in [4.78, 5) is 15.9. The molecule has 1 amide bonds. The highest BCUT2D eigenvalue weighted by Gasteiger charge is 2.25. The Balaban J connectivity index is 1.40. The number of halogens is 1. The number of fused-ring (bicyclic) bond motifs is 1. The smallest absolute Gasteiger partial charge is 0.220 e. The standard InChI is InChI=1S/C32H50ClN5O/c1-6-7-8-9-10-11-12-13-14-15-16-17-18-19-27(39)34-23-25-21-20-24(2)22-26(25)30-35-31-28(33)29(32(3,4)5)36-38(31)37-30/h20-22H,6-19,23H2,1-5H3,(H,34,39)(H,35,37). The zero-order valence-electron chi connectivity index (χ0n) is 25.0. The van der Waals surface area contributed by atoms with Gasteiger partial charge in [-0.25, -0.2) is 0 Å². The number of benzene rings is 1. The molecule has 0 radical (unpaired) electrons. The number of aromatic nitrogens is 4. The molecule has 0 saturated carbocycles. The number of rotatable bonds is 17. The molecule has 0 aliphatic carbocycles. The van der Waals surface area contributed by atoms with Crippen molar-refractivity contribution in [3.8, 4) is 11.4 Å². The van der Waals surface area contributed by atoms with Crippen LogP contribution in [0.1, 0.15) is 134 Å². The number of aryl methyl sites for hydroxylation is 1. The lowest BCUT2D eigenvalue weighted by Crippen LogP contribution is -2.22. The molecule has 0 aliphatic heterocycles. The Morgan fingerprint density at radius 2 is 1.51 bits per heavy atom. The lowest BCUT2D eigenvalue weighted by atomic mass is 9.92. The number of hydrogen-bond donors (Lipinski definition) is 2. The van der Waals surface area contributed by atoms with E-state index in [9.17, 15) is 4.79 Å². The number of hydrogen-bond acceptors (Lipinski definition) is 3. The van der Waals surface area contributed by atoms with Crippen LogP contribution in [0.4, 0.5) is 0 Å². The van der Waals surface area contributed by atoms with Crippen LogP contribution in [0.2, 0.25) is 5.02 Å². The number of aromatic amines is 1. The summed E-state index contributed by atoms with van der Waals surface area (Å²) in [6.45, 7) is 11.0. The Morgan fingerprint density at radius 1 is 0.923 bits per heavy atom. The SMILES string of the molecule is CCCCCCCCCCCCCCCC(=O)NCc1ccc(C)cc1-c1nn2nc(C(C)(C)C)c(Cl)c2[nH]1.